The largest absolute Gasteiger partial charge is 0.350 e. The van der Waals surface area contributed by atoms with Gasteiger partial charge < -0.3 is 5.32 Å². The van der Waals surface area contributed by atoms with Crippen LogP contribution in [0.4, 0.5) is 0 Å². The van der Waals surface area contributed by atoms with E-state index in [1.54, 1.807) is 19.9 Å². The highest BCUT2D eigenvalue weighted by molar-refractivity contribution is 7.89. The first-order valence-electron chi connectivity index (χ1n) is 10.0. The topological polar surface area (TPSA) is 69.7 Å². The predicted molar refractivity (Wildman–Crippen MR) is 113 cm³/mol. The molecule has 0 aromatic heterocycles. The first-order chi connectivity index (χ1) is 13.2. The Morgan fingerprint density at radius 3 is 2.64 bits per heavy atom. The van der Waals surface area contributed by atoms with Crippen molar-refractivity contribution in [2.75, 3.05) is 32.7 Å². The molecule has 8 heteroatoms. The van der Waals surface area contributed by atoms with Crippen molar-refractivity contribution in [3.63, 3.8) is 0 Å². The van der Waals surface area contributed by atoms with E-state index in [4.69, 9.17) is 11.6 Å². The van der Waals surface area contributed by atoms with Crippen LogP contribution in [-0.4, -0.2) is 62.3 Å². The number of halogens is 1. The highest BCUT2D eigenvalue weighted by atomic mass is 35.5. The molecule has 0 saturated carbocycles. The molecule has 0 spiro atoms. The van der Waals surface area contributed by atoms with E-state index >= 15 is 0 Å². The SMILES string of the molecule is CCN(CC)S(=O)(=O)c1cc(C(=O)NCC(C)N2CCCC(C)C2)ccc1Cl. The Morgan fingerprint density at radius 1 is 1.36 bits per heavy atom. The van der Waals surface area contributed by atoms with E-state index in [2.05, 4.69) is 24.1 Å². The lowest BCUT2D eigenvalue weighted by Crippen LogP contribution is -2.46. The summed E-state index contributed by atoms with van der Waals surface area (Å²) in [6, 6.07) is 4.64. The zero-order valence-corrected chi connectivity index (χ0v) is 18.8. The summed E-state index contributed by atoms with van der Waals surface area (Å²) in [5.41, 5.74) is 0.300. The number of nitrogens with zero attached hydrogens (tertiary/aromatic N) is 2. The highest BCUT2D eigenvalue weighted by Gasteiger charge is 2.26. The second-order valence-electron chi connectivity index (χ2n) is 7.54. The molecule has 2 rings (SSSR count). The molecule has 1 N–H and O–H groups in total. The number of amides is 1. The van der Waals surface area contributed by atoms with Crippen LogP contribution in [0.2, 0.25) is 5.02 Å². The number of hydrogen-bond donors (Lipinski definition) is 1. The minimum Gasteiger partial charge on any atom is -0.350 e. The molecule has 28 heavy (non-hydrogen) atoms. The number of carbonyl (C=O) groups is 1. The van der Waals surface area contributed by atoms with Crippen LogP contribution < -0.4 is 5.32 Å². The van der Waals surface area contributed by atoms with Crippen LogP contribution in [0.5, 0.6) is 0 Å². The molecule has 1 aromatic rings. The van der Waals surface area contributed by atoms with Gasteiger partial charge in [-0.2, -0.15) is 4.31 Å². The fraction of sp³-hybridized carbons (Fsp3) is 0.650. The molecule has 6 nitrogen and oxygen atoms in total. The van der Waals surface area contributed by atoms with Gasteiger partial charge in [0.2, 0.25) is 10.0 Å². The zero-order chi connectivity index (χ0) is 20.9. The lowest BCUT2D eigenvalue weighted by molar-refractivity contribution is 0.0917. The molecule has 2 unspecified atom stereocenters. The zero-order valence-electron chi connectivity index (χ0n) is 17.2. The summed E-state index contributed by atoms with van der Waals surface area (Å²) in [6.07, 6.45) is 2.44. The fourth-order valence-corrected chi connectivity index (χ4v) is 5.60. The molecule has 1 aliphatic rings. The Kier molecular flexibility index (Phi) is 8.30. The van der Waals surface area contributed by atoms with Crippen LogP contribution in [0.15, 0.2) is 23.1 Å². The second kappa shape index (κ2) is 10.1. The van der Waals surface area contributed by atoms with Gasteiger partial charge in [0, 0.05) is 37.8 Å². The lowest BCUT2D eigenvalue weighted by atomic mass is 9.99. The number of likely N-dealkylation sites (tertiary alicyclic amines) is 1. The summed E-state index contributed by atoms with van der Waals surface area (Å²) in [4.78, 5) is 15.0. The van der Waals surface area contributed by atoms with E-state index in [1.165, 1.54) is 29.3 Å². The summed E-state index contributed by atoms with van der Waals surface area (Å²) in [5, 5.41) is 3.06. The third kappa shape index (κ3) is 5.47. The molecule has 1 saturated heterocycles. The van der Waals surface area contributed by atoms with Gasteiger partial charge in [-0.05, 0) is 50.4 Å². The third-order valence-electron chi connectivity index (χ3n) is 5.39. The van der Waals surface area contributed by atoms with E-state index in [-0.39, 0.29) is 21.9 Å². The highest BCUT2D eigenvalue weighted by Crippen LogP contribution is 2.26. The van der Waals surface area contributed by atoms with Crippen LogP contribution in [0.25, 0.3) is 0 Å². The summed E-state index contributed by atoms with van der Waals surface area (Å²) in [6.45, 7) is 11.2. The van der Waals surface area contributed by atoms with Crippen molar-refractivity contribution in [3.8, 4) is 0 Å². The Morgan fingerprint density at radius 2 is 2.04 bits per heavy atom. The van der Waals surface area contributed by atoms with Gasteiger partial charge in [0.15, 0.2) is 0 Å². The smallest absolute Gasteiger partial charge is 0.251 e. The average molecular weight is 430 g/mol. The second-order valence-corrected chi connectivity index (χ2v) is 9.85. The van der Waals surface area contributed by atoms with Gasteiger partial charge in [-0.25, -0.2) is 8.42 Å². The number of hydrogen-bond acceptors (Lipinski definition) is 4. The number of benzene rings is 1. The molecule has 1 amide bonds. The number of nitrogens with one attached hydrogen (secondary N) is 1. The number of piperidine rings is 1. The minimum atomic E-state index is -3.73. The normalized spacial score (nSPS) is 19.6. The molecular formula is C20H32ClN3O3S. The van der Waals surface area contributed by atoms with Crippen LogP contribution in [0, 0.1) is 5.92 Å². The summed E-state index contributed by atoms with van der Waals surface area (Å²) < 4.78 is 26.9. The Bertz CT molecular complexity index is 781. The van der Waals surface area contributed by atoms with Crippen LogP contribution in [-0.2, 0) is 10.0 Å². The molecule has 2 atom stereocenters. The van der Waals surface area contributed by atoms with Gasteiger partial charge in [0.25, 0.3) is 5.91 Å². The Hall–Kier alpha value is -1.15. The van der Waals surface area contributed by atoms with E-state index in [0.29, 0.717) is 31.1 Å². The van der Waals surface area contributed by atoms with Crippen LogP contribution >= 0.6 is 11.6 Å². The van der Waals surface area contributed by atoms with Gasteiger partial charge in [-0.1, -0.05) is 32.4 Å². The van der Waals surface area contributed by atoms with Gasteiger partial charge in [0.1, 0.15) is 4.90 Å². The molecule has 1 aromatic carbocycles. The van der Waals surface area contributed by atoms with Gasteiger partial charge >= 0.3 is 0 Å². The quantitative estimate of drug-likeness (QED) is 0.688. The van der Waals surface area contributed by atoms with Crippen molar-refractivity contribution < 1.29 is 13.2 Å². The summed E-state index contributed by atoms with van der Waals surface area (Å²) in [5.74, 6) is 0.389. The maximum absolute atomic E-state index is 12.8. The molecule has 1 fully saturated rings. The van der Waals surface area contributed by atoms with Crippen molar-refractivity contribution in [1.82, 2.24) is 14.5 Å². The van der Waals surface area contributed by atoms with Gasteiger partial charge in [0.05, 0.1) is 5.02 Å². The molecule has 0 bridgehead atoms. The molecule has 1 aliphatic heterocycles. The van der Waals surface area contributed by atoms with Gasteiger partial charge in [-0.3, -0.25) is 9.69 Å². The van der Waals surface area contributed by atoms with Crippen molar-refractivity contribution in [1.29, 1.82) is 0 Å². The van der Waals surface area contributed by atoms with Crippen molar-refractivity contribution in [2.45, 2.75) is 51.5 Å². The van der Waals surface area contributed by atoms with E-state index in [9.17, 15) is 13.2 Å². The summed E-state index contributed by atoms with van der Waals surface area (Å²) >= 11 is 6.14. The van der Waals surface area contributed by atoms with E-state index in [0.717, 1.165) is 13.1 Å². The molecule has 158 valence electrons. The molecule has 1 heterocycles. The van der Waals surface area contributed by atoms with Crippen LogP contribution in [0.1, 0.15) is 50.9 Å². The standard InChI is InChI=1S/C20H32ClN3O3S/c1-5-24(6-2)28(26,27)19-12-17(9-10-18(19)21)20(25)22-13-16(4)23-11-7-8-15(3)14-23/h9-10,12,15-16H,5-8,11,13-14H2,1-4H3,(H,22,25). The Balaban J connectivity index is 2.10. The minimum absolute atomic E-state index is 0.0246. The molecular weight excluding hydrogens is 398 g/mol. The van der Waals surface area contributed by atoms with E-state index < -0.39 is 10.0 Å². The number of sulfonamides is 1. The predicted octanol–water partition coefficient (Wildman–Crippen LogP) is 3.22. The average Bonchev–Trinajstić information content (AvgIpc) is 2.66. The number of carbonyl (C=O) groups excluding carboxylic acids is 1. The maximum atomic E-state index is 12.8. The fourth-order valence-electron chi connectivity index (χ4n) is 3.64. The van der Waals surface area contributed by atoms with Crippen molar-refractivity contribution in [3.05, 3.63) is 28.8 Å². The molecule has 0 aliphatic carbocycles. The Labute approximate surface area is 174 Å². The maximum Gasteiger partial charge on any atom is 0.251 e. The van der Waals surface area contributed by atoms with Gasteiger partial charge in [-0.15, -0.1) is 0 Å². The first kappa shape index (κ1) is 23.1. The first-order valence-corrected chi connectivity index (χ1v) is 11.8. The molecule has 0 radical (unpaired) electrons. The van der Waals surface area contributed by atoms with Crippen molar-refractivity contribution >= 4 is 27.5 Å². The van der Waals surface area contributed by atoms with Crippen LogP contribution in [0.3, 0.4) is 0 Å². The van der Waals surface area contributed by atoms with E-state index in [1.807, 2.05) is 0 Å². The summed E-state index contributed by atoms with van der Waals surface area (Å²) in [7, 11) is -3.73. The van der Waals surface area contributed by atoms with Crippen molar-refractivity contribution in [2.24, 2.45) is 5.92 Å². The lowest BCUT2D eigenvalue weighted by Gasteiger charge is -2.35. The third-order valence-corrected chi connectivity index (χ3v) is 7.92. The number of rotatable bonds is 8. The monoisotopic (exact) mass is 429 g/mol.